The van der Waals surface area contributed by atoms with Gasteiger partial charge >= 0.3 is 0 Å². The number of thiophene rings is 1. The van der Waals surface area contributed by atoms with Crippen LogP contribution in [0.3, 0.4) is 0 Å². The van der Waals surface area contributed by atoms with Gasteiger partial charge in [0.25, 0.3) is 0 Å². The number of aliphatic imine (C=N–C) groups is 1. The number of hydrazone groups is 1. The third-order valence-electron chi connectivity index (χ3n) is 4.32. The molecule has 1 aromatic heterocycles. The highest BCUT2D eigenvalue weighted by Crippen LogP contribution is 2.28. The fourth-order valence-corrected chi connectivity index (χ4v) is 3.59. The Bertz CT molecular complexity index is 987. The molecule has 1 aliphatic rings. The van der Waals surface area contributed by atoms with Gasteiger partial charge in [0, 0.05) is 11.1 Å². The summed E-state index contributed by atoms with van der Waals surface area (Å²) in [5, 5.41) is 6.52. The normalized spacial score (nSPS) is 13.5. The van der Waals surface area contributed by atoms with Crippen LogP contribution in [-0.2, 0) is 0 Å². The van der Waals surface area contributed by atoms with Crippen molar-refractivity contribution in [3.8, 4) is 0 Å². The van der Waals surface area contributed by atoms with Gasteiger partial charge < -0.3 is 0 Å². The molecule has 0 saturated carbocycles. The lowest BCUT2D eigenvalue weighted by Gasteiger charge is -2.08. The molecule has 0 atom stereocenters. The van der Waals surface area contributed by atoms with Gasteiger partial charge in [0.1, 0.15) is 11.5 Å². The number of nitrogens with one attached hydrogen (secondary N) is 1. The van der Waals surface area contributed by atoms with Gasteiger partial charge in [-0.25, -0.2) is 9.38 Å². The third kappa shape index (κ3) is 3.18. The Morgan fingerprint density at radius 1 is 1.04 bits per heavy atom. The zero-order valence-corrected chi connectivity index (χ0v) is 15.3. The van der Waals surface area contributed by atoms with E-state index in [4.69, 9.17) is 4.99 Å². The second-order valence-electron chi connectivity index (χ2n) is 6.45. The zero-order chi connectivity index (χ0) is 18.1. The van der Waals surface area contributed by atoms with Gasteiger partial charge in [-0.15, -0.1) is 11.3 Å². The Balaban J connectivity index is 1.80. The van der Waals surface area contributed by atoms with Crippen molar-refractivity contribution in [3.05, 3.63) is 87.4 Å². The van der Waals surface area contributed by atoms with Crippen molar-refractivity contribution in [2.45, 2.75) is 19.8 Å². The molecule has 0 fully saturated rings. The number of amidine groups is 1. The molecule has 4 rings (SSSR count). The first-order valence-electron chi connectivity index (χ1n) is 8.48. The van der Waals surface area contributed by atoms with Gasteiger partial charge in [-0.3, -0.25) is 5.43 Å². The van der Waals surface area contributed by atoms with Crippen LogP contribution in [0.25, 0.3) is 0 Å². The van der Waals surface area contributed by atoms with Gasteiger partial charge in [-0.1, -0.05) is 44.2 Å². The molecular weight excluding hydrogens is 345 g/mol. The van der Waals surface area contributed by atoms with Gasteiger partial charge in [0.05, 0.1) is 10.6 Å². The summed E-state index contributed by atoms with van der Waals surface area (Å²) < 4.78 is 13.9. The maximum atomic E-state index is 13.9. The van der Waals surface area contributed by atoms with Gasteiger partial charge in [0.2, 0.25) is 0 Å². The highest BCUT2D eigenvalue weighted by molar-refractivity contribution is 7.12. The van der Waals surface area contributed by atoms with Crippen LogP contribution in [0.15, 0.2) is 70.1 Å². The summed E-state index contributed by atoms with van der Waals surface area (Å²) in [7, 11) is 0. The SMILES string of the molecule is CC(C)c1ccc(C2=Nc3ccc(F)cc3C(c3cccs3)=NN2)cc1. The molecule has 1 aliphatic heterocycles. The quantitative estimate of drug-likeness (QED) is 0.660. The average Bonchev–Trinajstić information content (AvgIpc) is 3.10. The zero-order valence-electron chi connectivity index (χ0n) is 14.5. The second kappa shape index (κ2) is 6.84. The van der Waals surface area contributed by atoms with E-state index in [1.807, 2.05) is 29.6 Å². The summed E-state index contributed by atoms with van der Waals surface area (Å²) in [5.41, 5.74) is 7.38. The van der Waals surface area contributed by atoms with E-state index in [-0.39, 0.29) is 5.82 Å². The number of benzene rings is 2. The molecule has 3 aromatic rings. The number of hydrogen-bond acceptors (Lipinski definition) is 4. The van der Waals surface area contributed by atoms with Crippen LogP contribution < -0.4 is 5.43 Å². The van der Waals surface area contributed by atoms with E-state index < -0.39 is 0 Å². The van der Waals surface area contributed by atoms with Crippen LogP contribution in [-0.4, -0.2) is 11.5 Å². The minimum absolute atomic E-state index is 0.298. The van der Waals surface area contributed by atoms with Gasteiger partial charge in [-0.05, 0) is 41.1 Å². The lowest BCUT2D eigenvalue weighted by Crippen LogP contribution is -2.19. The number of fused-ring (bicyclic) bond motifs is 1. The Kier molecular flexibility index (Phi) is 4.39. The number of rotatable bonds is 3. The van der Waals surface area contributed by atoms with E-state index in [9.17, 15) is 4.39 Å². The van der Waals surface area contributed by atoms with E-state index >= 15 is 0 Å². The summed E-state index contributed by atoms with van der Waals surface area (Å²) >= 11 is 1.57. The van der Waals surface area contributed by atoms with Crippen LogP contribution in [0.1, 0.15) is 41.3 Å². The molecule has 2 aromatic carbocycles. The fraction of sp³-hybridized carbons (Fsp3) is 0.143. The van der Waals surface area contributed by atoms with Gasteiger partial charge in [0.15, 0.2) is 5.84 Å². The van der Waals surface area contributed by atoms with Crippen molar-refractivity contribution >= 4 is 28.6 Å². The molecule has 0 saturated heterocycles. The Morgan fingerprint density at radius 2 is 1.85 bits per heavy atom. The predicted molar refractivity (Wildman–Crippen MR) is 106 cm³/mol. The van der Waals surface area contributed by atoms with Crippen molar-refractivity contribution in [1.29, 1.82) is 0 Å². The molecule has 0 spiro atoms. The second-order valence-corrected chi connectivity index (χ2v) is 7.40. The molecule has 0 aliphatic carbocycles. The van der Waals surface area contributed by atoms with E-state index in [0.717, 1.165) is 10.4 Å². The Hall–Kier alpha value is -2.79. The highest BCUT2D eigenvalue weighted by atomic mass is 32.1. The van der Waals surface area contributed by atoms with E-state index in [1.165, 1.54) is 17.7 Å². The van der Waals surface area contributed by atoms with Crippen LogP contribution in [0.2, 0.25) is 0 Å². The molecular formula is C21H18FN3S. The first-order chi connectivity index (χ1) is 12.6. The Labute approximate surface area is 155 Å². The summed E-state index contributed by atoms with van der Waals surface area (Å²) in [6.45, 7) is 4.33. The first kappa shape index (κ1) is 16.7. The molecule has 5 heteroatoms. The minimum atomic E-state index is -0.298. The molecule has 3 nitrogen and oxygen atoms in total. The molecule has 0 unspecified atom stereocenters. The molecule has 2 heterocycles. The topological polar surface area (TPSA) is 36.8 Å². The van der Waals surface area contributed by atoms with Crippen molar-refractivity contribution in [3.63, 3.8) is 0 Å². The summed E-state index contributed by atoms with van der Waals surface area (Å²) in [6.07, 6.45) is 0. The first-order valence-corrected chi connectivity index (χ1v) is 9.36. The van der Waals surface area contributed by atoms with Crippen LogP contribution >= 0.6 is 11.3 Å². The van der Waals surface area contributed by atoms with E-state index in [2.05, 4.69) is 36.5 Å². The molecule has 130 valence electrons. The fourth-order valence-electron chi connectivity index (χ4n) is 2.87. The van der Waals surface area contributed by atoms with Crippen LogP contribution in [0.5, 0.6) is 0 Å². The molecule has 0 bridgehead atoms. The lowest BCUT2D eigenvalue weighted by atomic mass is 10.0. The summed E-state index contributed by atoms with van der Waals surface area (Å²) in [6, 6.07) is 16.8. The number of hydrogen-bond donors (Lipinski definition) is 1. The predicted octanol–water partition coefficient (Wildman–Crippen LogP) is 5.44. The summed E-state index contributed by atoms with van der Waals surface area (Å²) in [4.78, 5) is 5.68. The number of nitrogens with zero attached hydrogens (tertiary/aromatic N) is 2. The molecule has 26 heavy (non-hydrogen) atoms. The maximum absolute atomic E-state index is 13.9. The van der Waals surface area contributed by atoms with Crippen molar-refractivity contribution in [2.75, 3.05) is 0 Å². The van der Waals surface area contributed by atoms with Crippen molar-refractivity contribution in [1.82, 2.24) is 5.43 Å². The molecule has 0 radical (unpaired) electrons. The van der Waals surface area contributed by atoms with E-state index in [1.54, 1.807) is 17.4 Å². The van der Waals surface area contributed by atoms with Crippen LogP contribution in [0, 0.1) is 5.82 Å². The van der Waals surface area contributed by atoms with Gasteiger partial charge in [-0.2, -0.15) is 5.10 Å². The molecule has 0 amide bonds. The maximum Gasteiger partial charge on any atom is 0.154 e. The molecule has 1 N–H and O–H groups in total. The average molecular weight is 363 g/mol. The Morgan fingerprint density at radius 3 is 2.54 bits per heavy atom. The van der Waals surface area contributed by atoms with Crippen molar-refractivity contribution in [2.24, 2.45) is 10.1 Å². The van der Waals surface area contributed by atoms with Crippen molar-refractivity contribution < 1.29 is 4.39 Å². The summed E-state index contributed by atoms with van der Waals surface area (Å²) in [5.74, 6) is 0.827. The highest BCUT2D eigenvalue weighted by Gasteiger charge is 2.18. The monoisotopic (exact) mass is 363 g/mol. The number of halogens is 1. The minimum Gasteiger partial charge on any atom is -0.260 e. The largest absolute Gasteiger partial charge is 0.260 e. The van der Waals surface area contributed by atoms with Crippen LogP contribution in [0.4, 0.5) is 10.1 Å². The standard InChI is InChI=1S/C21H18FN3S/c1-13(2)14-5-7-15(8-6-14)21-23-18-10-9-16(22)12-17(18)20(24-25-21)19-4-3-11-26-19/h3-13H,1-2H3,(H,23,25). The smallest absolute Gasteiger partial charge is 0.154 e. The lowest BCUT2D eigenvalue weighted by molar-refractivity contribution is 0.627. The van der Waals surface area contributed by atoms with E-state index in [0.29, 0.717) is 28.7 Å². The third-order valence-corrected chi connectivity index (χ3v) is 5.20.